The van der Waals surface area contributed by atoms with E-state index in [9.17, 15) is 14.4 Å². The largest absolute Gasteiger partial charge is 0.468 e. The predicted molar refractivity (Wildman–Crippen MR) is 102 cm³/mol. The lowest BCUT2D eigenvalue weighted by atomic mass is 10.2. The van der Waals surface area contributed by atoms with E-state index in [-0.39, 0.29) is 12.6 Å². The molecule has 0 aliphatic heterocycles. The van der Waals surface area contributed by atoms with Crippen molar-refractivity contribution in [2.24, 2.45) is 0 Å². The van der Waals surface area contributed by atoms with Gasteiger partial charge in [-0.05, 0) is 36.8 Å². The number of hydrogen-bond donors (Lipinski definition) is 2. The third kappa shape index (κ3) is 6.14. The number of carbonyl (C=O) groups excluding carboxylic acids is 3. The first-order valence-corrected chi connectivity index (χ1v) is 8.58. The molecule has 0 radical (unpaired) electrons. The highest BCUT2D eigenvalue weighted by Crippen LogP contribution is 2.12. The number of esters is 1. The number of nitrogens with one attached hydrogen (secondary N) is 2. The second-order valence-corrected chi connectivity index (χ2v) is 5.77. The molecule has 27 heavy (non-hydrogen) atoms. The molecule has 2 rings (SSSR count). The van der Waals surface area contributed by atoms with Crippen LogP contribution in [0.25, 0.3) is 0 Å². The van der Waals surface area contributed by atoms with Crippen molar-refractivity contribution in [3.63, 3.8) is 0 Å². The van der Waals surface area contributed by atoms with E-state index in [0.29, 0.717) is 24.3 Å². The molecule has 0 spiro atoms. The van der Waals surface area contributed by atoms with Gasteiger partial charge in [-0.15, -0.1) is 0 Å². The van der Waals surface area contributed by atoms with Crippen LogP contribution in [0.3, 0.4) is 0 Å². The van der Waals surface area contributed by atoms with Gasteiger partial charge in [0.1, 0.15) is 6.54 Å². The Morgan fingerprint density at radius 1 is 1.00 bits per heavy atom. The maximum Gasteiger partial charge on any atom is 0.325 e. The summed E-state index contributed by atoms with van der Waals surface area (Å²) < 4.78 is 4.47. The average molecular weight is 369 g/mol. The van der Waals surface area contributed by atoms with E-state index < -0.39 is 11.9 Å². The normalized spacial score (nSPS) is 10.0. The van der Waals surface area contributed by atoms with Crippen molar-refractivity contribution in [1.29, 1.82) is 0 Å². The Hall–Kier alpha value is -3.35. The van der Waals surface area contributed by atoms with Crippen LogP contribution < -0.4 is 10.6 Å². The zero-order valence-corrected chi connectivity index (χ0v) is 15.4. The highest BCUT2D eigenvalue weighted by Gasteiger charge is 2.13. The third-order valence-corrected chi connectivity index (χ3v) is 3.90. The maximum absolute atomic E-state index is 12.5. The van der Waals surface area contributed by atoms with Gasteiger partial charge in [0.05, 0.1) is 7.11 Å². The minimum Gasteiger partial charge on any atom is -0.468 e. The number of nitrogens with zero attached hydrogens (tertiary/aromatic N) is 1. The predicted octanol–water partition coefficient (Wildman–Crippen LogP) is 2.64. The number of urea groups is 1. The first-order valence-electron chi connectivity index (χ1n) is 8.58. The summed E-state index contributed by atoms with van der Waals surface area (Å²) in [5, 5.41) is 5.28. The molecule has 2 aromatic carbocycles. The van der Waals surface area contributed by atoms with Gasteiger partial charge in [-0.25, -0.2) is 4.79 Å². The summed E-state index contributed by atoms with van der Waals surface area (Å²) in [5.74, 6) is -0.914. The molecule has 0 unspecified atom stereocenters. The molecule has 142 valence electrons. The Bertz CT molecular complexity index is 776. The van der Waals surface area contributed by atoms with Crippen LogP contribution in [0.4, 0.5) is 10.5 Å². The molecule has 3 amide bonds. The minimum atomic E-state index is -0.523. The fourth-order valence-electron chi connectivity index (χ4n) is 2.37. The molecule has 7 nitrogen and oxygen atoms in total. The molecule has 0 fully saturated rings. The second kappa shape index (κ2) is 9.96. The number of carbonyl (C=O) groups is 3. The van der Waals surface area contributed by atoms with Gasteiger partial charge in [-0.2, -0.15) is 0 Å². The molecule has 0 heterocycles. The summed E-state index contributed by atoms with van der Waals surface area (Å²) in [5.41, 5.74) is 2.01. The van der Waals surface area contributed by atoms with E-state index >= 15 is 0 Å². The molecule has 7 heteroatoms. The first kappa shape index (κ1) is 20.0. The number of hydrogen-bond acceptors (Lipinski definition) is 4. The maximum atomic E-state index is 12.5. The van der Waals surface area contributed by atoms with Crippen molar-refractivity contribution in [2.75, 3.05) is 25.5 Å². The van der Waals surface area contributed by atoms with Crippen LogP contribution in [0.2, 0.25) is 0 Å². The number of amides is 3. The average Bonchev–Trinajstić information content (AvgIpc) is 2.71. The van der Waals surface area contributed by atoms with Crippen molar-refractivity contribution < 1.29 is 19.1 Å². The fourth-order valence-corrected chi connectivity index (χ4v) is 2.37. The summed E-state index contributed by atoms with van der Waals surface area (Å²) in [4.78, 5) is 37.1. The smallest absolute Gasteiger partial charge is 0.325 e. The Balaban J connectivity index is 1.93. The topological polar surface area (TPSA) is 87.7 Å². The summed E-state index contributed by atoms with van der Waals surface area (Å²) in [6.07, 6.45) is 0. The SMILES string of the molecule is CCN(Cc1ccccc1)C(=O)Nc1ccc(C(=O)NCC(=O)OC)cc1. The van der Waals surface area contributed by atoms with E-state index in [2.05, 4.69) is 15.4 Å². The van der Waals surface area contributed by atoms with Gasteiger partial charge in [0.15, 0.2) is 0 Å². The van der Waals surface area contributed by atoms with E-state index in [4.69, 9.17) is 0 Å². The van der Waals surface area contributed by atoms with Gasteiger partial charge >= 0.3 is 12.0 Å². The number of ether oxygens (including phenoxy) is 1. The number of methoxy groups -OCH3 is 1. The molecular weight excluding hydrogens is 346 g/mol. The lowest BCUT2D eigenvalue weighted by Crippen LogP contribution is -2.34. The van der Waals surface area contributed by atoms with Crippen LogP contribution in [-0.4, -0.2) is 43.0 Å². The summed E-state index contributed by atoms with van der Waals surface area (Å²) in [6, 6.07) is 16.0. The molecule has 2 aromatic rings. The Kier molecular flexibility index (Phi) is 7.37. The van der Waals surface area contributed by atoms with Gasteiger partial charge in [0, 0.05) is 24.3 Å². The first-order chi connectivity index (χ1) is 13.0. The monoisotopic (exact) mass is 369 g/mol. The van der Waals surface area contributed by atoms with Crippen LogP contribution in [0.5, 0.6) is 0 Å². The third-order valence-electron chi connectivity index (χ3n) is 3.90. The molecule has 0 aliphatic rings. The number of anilines is 1. The van der Waals surface area contributed by atoms with Gasteiger partial charge in [0.25, 0.3) is 5.91 Å². The molecule has 0 saturated heterocycles. The molecule has 0 atom stereocenters. The zero-order valence-electron chi connectivity index (χ0n) is 15.4. The summed E-state index contributed by atoms with van der Waals surface area (Å²) in [7, 11) is 1.25. The van der Waals surface area contributed by atoms with Gasteiger partial charge < -0.3 is 20.3 Å². The highest BCUT2D eigenvalue weighted by atomic mass is 16.5. The van der Waals surface area contributed by atoms with Crippen LogP contribution >= 0.6 is 0 Å². The molecule has 0 aromatic heterocycles. The van der Waals surface area contributed by atoms with Crippen LogP contribution in [-0.2, 0) is 16.1 Å². The van der Waals surface area contributed by atoms with Gasteiger partial charge in [-0.3, -0.25) is 9.59 Å². The van der Waals surface area contributed by atoms with Crippen LogP contribution in [0.1, 0.15) is 22.8 Å². The molecule has 2 N–H and O–H groups in total. The van der Waals surface area contributed by atoms with Crippen LogP contribution in [0, 0.1) is 0 Å². The lowest BCUT2D eigenvalue weighted by molar-refractivity contribution is -0.139. The van der Waals surface area contributed by atoms with E-state index in [1.165, 1.54) is 7.11 Å². The highest BCUT2D eigenvalue weighted by molar-refractivity contribution is 5.97. The Morgan fingerprint density at radius 3 is 2.26 bits per heavy atom. The van der Waals surface area contributed by atoms with Gasteiger partial charge in [0.2, 0.25) is 0 Å². The van der Waals surface area contributed by atoms with Crippen molar-refractivity contribution in [3.8, 4) is 0 Å². The number of rotatable bonds is 7. The quantitative estimate of drug-likeness (QED) is 0.735. The molecule has 0 bridgehead atoms. The molecular formula is C20H23N3O4. The van der Waals surface area contributed by atoms with E-state index in [1.54, 1.807) is 29.2 Å². The molecule has 0 aliphatic carbocycles. The van der Waals surface area contributed by atoms with Crippen molar-refractivity contribution >= 4 is 23.6 Å². The summed E-state index contributed by atoms with van der Waals surface area (Å²) in [6.45, 7) is 2.79. The molecule has 0 saturated carbocycles. The zero-order chi connectivity index (χ0) is 19.6. The number of benzene rings is 2. The summed E-state index contributed by atoms with van der Waals surface area (Å²) >= 11 is 0. The lowest BCUT2D eigenvalue weighted by Gasteiger charge is -2.21. The van der Waals surface area contributed by atoms with Gasteiger partial charge in [-0.1, -0.05) is 30.3 Å². The fraction of sp³-hybridized carbons (Fsp3) is 0.250. The van der Waals surface area contributed by atoms with Crippen LogP contribution in [0.15, 0.2) is 54.6 Å². The van der Waals surface area contributed by atoms with Crippen molar-refractivity contribution in [3.05, 3.63) is 65.7 Å². The minimum absolute atomic E-state index is 0.196. The second-order valence-electron chi connectivity index (χ2n) is 5.77. The van der Waals surface area contributed by atoms with E-state index in [1.807, 2.05) is 37.3 Å². The standard InChI is InChI=1S/C20H23N3O4/c1-3-23(14-15-7-5-4-6-8-15)20(26)22-17-11-9-16(10-12-17)19(25)21-13-18(24)27-2/h4-12H,3,13-14H2,1-2H3,(H,21,25)(H,22,26). The Morgan fingerprint density at radius 2 is 1.67 bits per heavy atom. The van der Waals surface area contributed by atoms with Crippen molar-refractivity contribution in [1.82, 2.24) is 10.2 Å². The Labute approximate surface area is 158 Å². The van der Waals surface area contributed by atoms with E-state index in [0.717, 1.165) is 5.56 Å². The van der Waals surface area contributed by atoms with Crippen molar-refractivity contribution in [2.45, 2.75) is 13.5 Å².